The molecule has 2 atom stereocenters. The van der Waals surface area contributed by atoms with Gasteiger partial charge < -0.3 is 23.8 Å². The van der Waals surface area contributed by atoms with Crippen LogP contribution in [0.2, 0.25) is 0 Å². The van der Waals surface area contributed by atoms with Crippen LogP contribution in [-0.4, -0.2) is 80.6 Å². The van der Waals surface area contributed by atoms with Gasteiger partial charge in [-0.1, -0.05) is 179 Å². The molecular weight excluding hydrogens is 763 g/mol. The van der Waals surface area contributed by atoms with Crippen LogP contribution in [0.25, 0.3) is 0 Å². The number of likely N-dealkylation sites (N-methyl/N-ethyl adjacent to an activating group) is 1. The van der Waals surface area contributed by atoms with Gasteiger partial charge in [0.15, 0.2) is 12.1 Å². The first-order valence-corrected chi connectivity index (χ1v) is 25.5. The maximum Gasteiger partial charge on any atom is 0.362 e. The van der Waals surface area contributed by atoms with Crippen LogP contribution in [0, 0.1) is 0 Å². The highest BCUT2D eigenvalue weighted by atomic mass is 16.6. The molecule has 0 spiro atoms. The number of carboxylic acids is 1. The Labute approximate surface area is 376 Å². The van der Waals surface area contributed by atoms with E-state index in [1.54, 1.807) is 0 Å². The zero-order chi connectivity index (χ0) is 44.9. The third-order valence-electron chi connectivity index (χ3n) is 11.5. The Balaban J connectivity index is 4.22. The lowest BCUT2D eigenvalue weighted by molar-refractivity contribution is -0.887. The largest absolute Gasteiger partial charge is 0.477 e. The maximum absolute atomic E-state index is 12.8. The number of carbonyl (C=O) groups is 3. The molecule has 0 rings (SSSR count). The molecule has 0 aliphatic heterocycles. The molecule has 61 heavy (non-hydrogen) atoms. The molecule has 356 valence electrons. The molecule has 0 amide bonds. The second-order valence-corrected chi connectivity index (χ2v) is 18.4. The summed E-state index contributed by atoms with van der Waals surface area (Å²) in [6.07, 6.45) is 51.9. The highest BCUT2D eigenvalue weighted by Crippen LogP contribution is 2.15. The Bertz CT molecular complexity index is 1090. The van der Waals surface area contributed by atoms with E-state index in [0.29, 0.717) is 19.3 Å². The molecule has 0 saturated carbocycles. The lowest BCUT2D eigenvalue weighted by Crippen LogP contribution is -2.50. The van der Waals surface area contributed by atoms with E-state index in [-0.39, 0.29) is 36.2 Å². The first-order chi connectivity index (χ1) is 29.6. The molecule has 0 aromatic carbocycles. The smallest absolute Gasteiger partial charge is 0.362 e. The number of esters is 2. The van der Waals surface area contributed by atoms with Crippen molar-refractivity contribution in [2.24, 2.45) is 0 Å². The van der Waals surface area contributed by atoms with Crippen molar-refractivity contribution in [1.29, 1.82) is 0 Å². The number of ether oxygens (including phenoxy) is 3. The summed E-state index contributed by atoms with van der Waals surface area (Å²) in [6, 6.07) is -0.615. The summed E-state index contributed by atoms with van der Waals surface area (Å²) < 4.78 is 17.3. The van der Waals surface area contributed by atoms with Crippen LogP contribution in [0.3, 0.4) is 0 Å². The van der Waals surface area contributed by atoms with Gasteiger partial charge in [0.25, 0.3) is 0 Å². The Morgan fingerprint density at radius 2 is 0.869 bits per heavy atom. The first kappa shape index (κ1) is 58.6. The number of carboxylic acid groups (broad SMARTS) is 1. The van der Waals surface area contributed by atoms with Crippen molar-refractivity contribution in [3.63, 3.8) is 0 Å². The Morgan fingerprint density at radius 3 is 1.28 bits per heavy atom. The van der Waals surface area contributed by atoms with Crippen molar-refractivity contribution in [2.75, 3.05) is 41.0 Å². The molecule has 1 N–H and O–H groups in total. The van der Waals surface area contributed by atoms with E-state index in [9.17, 15) is 19.5 Å². The van der Waals surface area contributed by atoms with Crippen LogP contribution in [-0.2, 0) is 28.6 Å². The second-order valence-electron chi connectivity index (χ2n) is 18.4. The fraction of sp³-hybridized carbons (Fsp3) is 0.830. The van der Waals surface area contributed by atoms with E-state index in [0.717, 1.165) is 51.4 Å². The SMILES string of the molecule is CCCCCCC/C=C\C/C=C\CCCCCCCCCCCCCC(=O)OC(COCCC(C(=O)O)[N+](C)(C)C)COC(=O)CCCCCCC/C=C\CCCCCCC. The average molecular weight is 861 g/mol. The van der Waals surface area contributed by atoms with Gasteiger partial charge in [-0.2, -0.15) is 0 Å². The number of hydrogen-bond donors (Lipinski definition) is 1. The lowest BCUT2D eigenvalue weighted by atomic mass is 10.0. The lowest BCUT2D eigenvalue weighted by Gasteiger charge is -2.31. The van der Waals surface area contributed by atoms with Gasteiger partial charge in [0.05, 0.1) is 34.4 Å². The molecule has 2 unspecified atom stereocenters. The zero-order valence-electron chi connectivity index (χ0n) is 40.6. The van der Waals surface area contributed by atoms with Gasteiger partial charge in [-0.15, -0.1) is 0 Å². The maximum atomic E-state index is 12.8. The molecule has 8 heteroatoms. The number of allylic oxidation sites excluding steroid dienone is 6. The minimum absolute atomic E-state index is 0.0541. The van der Waals surface area contributed by atoms with Gasteiger partial charge >= 0.3 is 17.9 Å². The Morgan fingerprint density at radius 1 is 0.492 bits per heavy atom. The molecular formula is C53H98NO7+. The summed E-state index contributed by atoms with van der Waals surface area (Å²) >= 11 is 0. The van der Waals surface area contributed by atoms with Gasteiger partial charge in [-0.3, -0.25) is 9.59 Å². The normalized spacial score (nSPS) is 13.1. The first-order valence-electron chi connectivity index (χ1n) is 25.5. The third kappa shape index (κ3) is 42.6. The molecule has 0 fully saturated rings. The van der Waals surface area contributed by atoms with Crippen molar-refractivity contribution >= 4 is 17.9 Å². The summed E-state index contributed by atoms with van der Waals surface area (Å²) in [4.78, 5) is 37.1. The molecule has 0 aliphatic carbocycles. The molecule has 0 saturated heterocycles. The molecule has 0 aromatic rings. The van der Waals surface area contributed by atoms with Crippen LogP contribution in [0.15, 0.2) is 36.5 Å². The molecule has 0 bridgehead atoms. The Hall–Kier alpha value is -2.45. The van der Waals surface area contributed by atoms with E-state index >= 15 is 0 Å². The topological polar surface area (TPSA) is 99.1 Å². The van der Waals surface area contributed by atoms with Crippen molar-refractivity contribution in [2.45, 2.75) is 244 Å². The summed E-state index contributed by atoms with van der Waals surface area (Å²) in [5, 5.41) is 9.65. The number of rotatable bonds is 46. The summed E-state index contributed by atoms with van der Waals surface area (Å²) in [7, 11) is 5.53. The molecule has 0 aromatic heterocycles. The zero-order valence-corrected chi connectivity index (χ0v) is 40.6. The second kappa shape index (κ2) is 44.2. The van der Waals surface area contributed by atoms with E-state index < -0.39 is 18.1 Å². The summed E-state index contributed by atoms with van der Waals surface area (Å²) in [6.45, 7) is 4.73. The quantitative estimate of drug-likeness (QED) is 0.0282. The third-order valence-corrected chi connectivity index (χ3v) is 11.5. The van der Waals surface area contributed by atoms with Crippen LogP contribution in [0.1, 0.15) is 232 Å². The number of aliphatic carboxylic acids is 1. The van der Waals surface area contributed by atoms with E-state index in [2.05, 4.69) is 50.3 Å². The number of hydrogen-bond acceptors (Lipinski definition) is 6. The van der Waals surface area contributed by atoms with Crippen LogP contribution >= 0.6 is 0 Å². The van der Waals surface area contributed by atoms with E-state index in [1.807, 2.05) is 21.1 Å². The molecule has 0 aliphatic rings. The summed E-state index contributed by atoms with van der Waals surface area (Å²) in [5.74, 6) is -1.47. The van der Waals surface area contributed by atoms with Crippen molar-refractivity contribution in [3.05, 3.63) is 36.5 Å². The standard InChI is InChI=1S/C53H97NO7/c1-6-8-10-12-14-16-18-20-22-23-24-25-26-27-28-29-30-32-34-36-38-40-42-44-52(56)61-49(47-59-46-45-50(53(57)58)54(3,4)5)48-60-51(55)43-41-39-37-35-33-31-21-19-17-15-13-11-9-7-2/h18-21,23-24,49-50H,6-17,22,25-48H2,1-5H3/p+1/b20-18-,21-19-,24-23-. The van der Waals surface area contributed by atoms with Crippen LogP contribution in [0.4, 0.5) is 0 Å². The van der Waals surface area contributed by atoms with Crippen molar-refractivity contribution in [1.82, 2.24) is 0 Å². The molecule has 8 nitrogen and oxygen atoms in total. The molecule has 0 radical (unpaired) electrons. The van der Waals surface area contributed by atoms with Crippen LogP contribution in [0.5, 0.6) is 0 Å². The number of nitrogens with zero attached hydrogens (tertiary/aromatic N) is 1. The Kier molecular flexibility index (Phi) is 42.4. The highest BCUT2D eigenvalue weighted by Gasteiger charge is 2.31. The number of carbonyl (C=O) groups excluding carboxylic acids is 2. The predicted molar refractivity (Wildman–Crippen MR) is 257 cm³/mol. The minimum atomic E-state index is -0.875. The van der Waals surface area contributed by atoms with Crippen molar-refractivity contribution < 1.29 is 38.2 Å². The van der Waals surface area contributed by atoms with Gasteiger partial charge in [-0.25, -0.2) is 4.79 Å². The number of unbranched alkanes of at least 4 members (excludes halogenated alkanes) is 26. The monoisotopic (exact) mass is 861 g/mol. The molecule has 0 heterocycles. The van der Waals surface area contributed by atoms with E-state index in [1.165, 1.54) is 148 Å². The number of quaternary nitrogens is 1. The van der Waals surface area contributed by atoms with Gasteiger partial charge in [-0.05, 0) is 70.6 Å². The van der Waals surface area contributed by atoms with Gasteiger partial charge in [0.2, 0.25) is 0 Å². The van der Waals surface area contributed by atoms with E-state index in [4.69, 9.17) is 14.2 Å². The predicted octanol–water partition coefficient (Wildman–Crippen LogP) is 14.6. The fourth-order valence-electron chi connectivity index (χ4n) is 7.53. The van der Waals surface area contributed by atoms with Crippen LogP contribution < -0.4 is 0 Å². The van der Waals surface area contributed by atoms with Gasteiger partial charge in [0.1, 0.15) is 6.61 Å². The fourth-order valence-corrected chi connectivity index (χ4v) is 7.53. The minimum Gasteiger partial charge on any atom is -0.477 e. The van der Waals surface area contributed by atoms with Gasteiger partial charge in [0, 0.05) is 19.3 Å². The highest BCUT2D eigenvalue weighted by molar-refractivity contribution is 5.72. The summed E-state index contributed by atoms with van der Waals surface area (Å²) in [5.41, 5.74) is 0. The average Bonchev–Trinajstić information content (AvgIpc) is 3.22. The van der Waals surface area contributed by atoms with Crippen molar-refractivity contribution in [3.8, 4) is 0 Å².